The van der Waals surface area contributed by atoms with Crippen molar-refractivity contribution < 1.29 is 14.1 Å². The van der Waals surface area contributed by atoms with Crippen molar-refractivity contribution in [3.05, 3.63) is 72.2 Å². The van der Waals surface area contributed by atoms with Gasteiger partial charge in [0.1, 0.15) is 11.3 Å². The molecule has 2 aromatic carbocycles. The molecule has 0 aliphatic rings. The molecule has 1 N–H and O–H groups in total. The number of ether oxygens (including phenoxy) is 1. The lowest BCUT2D eigenvalue weighted by Gasteiger charge is -2.09. The second kappa shape index (κ2) is 10.7. The van der Waals surface area contributed by atoms with E-state index in [4.69, 9.17) is 9.26 Å². The van der Waals surface area contributed by atoms with Crippen LogP contribution < -0.4 is 10.1 Å². The van der Waals surface area contributed by atoms with Crippen LogP contribution in [0.4, 0.5) is 0 Å². The van der Waals surface area contributed by atoms with Crippen LogP contribution in [0.25, 0.3) is 22.3 Å². The van der Waals surface area contributed by atoms with Crippen LogP contribution in [0.3, 0.4) is 0 Å². The topological polar surface area (TPSA) is 90.1 Å². The zero-order chi connectivity index (χ0) is 23.0. The summed E-state index contributed by atoms with van der Waals surface area (Å²) in [6, 6.07) is 17.9. The molecule has 0 bridgehead atoms. The van der Waals surface area contributed by atoms with Crippen molar-refractivity contribution in [2.24, 2.45) is 0 Å². The van der Waals surface area contributed by atoms with Gasteiger partial charge in [0, 0.05) is 36.5 Å². The number of aromatic nitrogens is 3. The monoisotopic (exact) mass is 444 g/mol. The molecule has 0 spiro atoms. The lowest BCUT2D eigenvalue weighted by atomic mass is 10.0. The van der Waals surface area contributed by atoms with Crippen LogP contribution in [-0.2, 0) is 11.2 Å². The number of carbonyl (C=O) groups is 1. The summed E-state index contributed by atoms with van der Waals surface area (Å²) in [6.07, 6.45) is 3.15. The largest absolute Gasteiger partial charge is 0.491 e. The van der Waals surface area contributed by atoms with E-state index in [-0.39, 0.29) is 5.91 Å². The first-order valence-corrected chi connectivity index (χ1v) is 11.3. The van der Waals surface area contributed by atoms with Crippen LogP contribution >= 0.6 is 0 Å². The maximum absolute atomic E-state index is 12.2. The molecule has 170 valence electrons. The van der Waals surface area contributed by atoms with Crippen molar-refractivity contribution in [2.45, 2.75) is 39.0 Å². The minimum absolute atomic E-state index is 0.0529. The Kier molecular flexibility index (Phi) is 7.29. The molecule has 4 aromatic rings. The van der Waals surface area contributed by atoms with Crippen molar-refractivity contribution >= 4 is 16.8 Å². The summed E-state index contributed by atoms with van der Waals surface area (Å²) < 4.78 is 11.2. The molecular weight excluding hydrogens is 416 g/mol. The average Bonchev–Trinajstić information content (AvgIpc) is 3.32. The van der Waals surface area contributed by atoms with Crippen molar-refractivity contribution in [1.82, 2.24) is 20.4 Å². The van der Waals surface area contributed by atoms with Crippen LogP contribution in [0.5, 0.6) is 5.75 Å². The number of fused-ring (bicyclic) bond motifs is 1. The van der Waals surface area contributed by atoms with Crippen molar-refractivity contribution in [3.8, 4) is 17.1 Å². The Balaban J connectivity index is 1.17. The number of para-hydroxylation sites is 1. The highest BCUT2D eigenvalue weighted by molar-refractivity contribution is 5.84. The normalized spacial score (nSPS) is 11.1. The van der Waals surface area contributed by atoms with Crippen LogP contribution in [0.15, 0.2) is 65.3 Å². The molecule has 4 rings (SSSR count). The molecule has 33 heavy (non-hydrogen) atoms. The van der Waals surface area contributed by atoms with Crippen molar-refractivity contribution in [1.29, 1.82) is 0 Å². The number of hydrogen-bond acceptors (Lipinski definition) is 6. The molecule has 0 saturated heterocycles. The molecule has 7 nitrogen and oxygen atoms in total. The van der Waals surface area contributed by atoms with E-state index in [1.807, 2.05) is 42.5 Å². The highest BCUT2D eigenvalue weighted by Crippen LogP contribution is 2.23. The van der Waals surface area contributed by atoms with Gasteiger partial charge in [-0.15, -0.1) is 0 Å². The standard InChI is InChI=1S/C26H28N4O3/c1-18(2)19-9-11-21(12-10-19)26-29-24(33-30-26)14-13-23(31)27-16-5-17-32-22-8-3-6-20-7-4-15-28-25(20)22/h3-4,6-12,15,18H,5,13-14,16-17H2,1-2H3,(H,27,31). The summed E-state index contributed by atoms with van der Waals surface area (Å²) in [5, 5.41) is 7.99. The van der Waals surface area contributed by atoms with Gasteiger partial charge in [0.2, 0.25) is 17.6 Å². The maximum Gasteiger partial charge on any atom is 0.227 e. The number of hydrogen-bond donors (Lipinski definition) is 1. The van der Waals surface area contributed by atoms with E-state index < -0.39 is 0 Å². The first-order chi connectivity index (χ1) is 16.1. The minimum atomic E-state index is -0.0529. The van der Waals surface area contributed by atoms with Gasteiger partial charge in [0.05, 0.1) is 6.61 Å². The predicted molar refractivity (Wildman–Crippen MR) is 127 cm³/mol. The van der Waals surface area contributed by atoms with E-state index in [9.17, 15) is 4.79 Å². The van der Waals surface area contributed by atoms with E-state index in [1.165, 1.54) is 5.56 Å². The Morgan fingerprint density at radius 1 is 1.09 bits per heavy atom. The first-order valence-electron chi connectivity index (χ1n) is 11.3. The molecule has 2 aromatic heterocycles. The van der Waals surface area contributed by atoms with Crippen LogP contribution in [0, 0.1) is 0 Å². The number of nitrogens with zero attached hydrogens (tertiary/aromatic N) is 3. The maximum atomic E-state index is 12.2. The third kappa shape index (κ3) is 5.94. The molecule has 0 atom stereocenters. The van der Waals surface area contributed by atoms with E-state index in [0.29, 0.717) is 50.0 Å². The van der Waals surface area contributed by atoms with Crippen LogP contribution in [0.1, 0.15) is 44.1 Å². The summed E-state index contributed by atoms with van der Waals surface area (Å²) in [6.45, 7) is 5.34. The van der Waals surface area contributed by atoms with E-state index >= 15 is 0 Å². The van der Waals surface area contributed by atoms with Crippen LogP contribution in [0.2, 0.25) is 0 Å². The number of rotatable bonds is 10. The predicted octanol–water partition coefficient (Wildman–Crippen LogP) is 4.93. The van der Waals surface area contributed by atoms with Crippen LogP contribution in [-0.4, -0.2) is 34.2 Å². The number of amides is 1. The van der Waals surface area contributed by atoms with Crippen molar-refractivity contribution in [2.75, 3.05) is 13.2 Å². The van der Waals surface area contributed by atoms with Gasteiger partial charge >= 0.3 is 0 Å². The fourth-order valence-corrected chi connectivity index (χ4v) is 3.47. The Morgan fingerprint density at radius 2 is 1.91 bits per heavy atom. The van der Waals surface area contributed by atoms with Crippen molar-refractivity contribution in [3.63, 3.8) is 0 Å². The number of nitrogens with one attached hydrogen (secondary N) is 1. The SMILES string of the molecule is CC(C)c1ccc(-c2noc(CCC(=O)NCCCOc3cccc4cccnc34)n2)cc1. The Hall–Kier alpha value is -3.74. The van der Waals surface area contributed by atoms with Gasteiger partial charge in [-0.2, -0.15) is 4.98 Å². The third-order valence-electron chi connectivity index (χ3n) is 5.37. The Labute approximate surface area is 193 Å². The second-order valence-corrected chi connectivity index (χ2v) is 8.17. The number of carbonyl (C=O) groups excluding carboxylic acids is 1. The molecule has 2 heterocycles. The Bertz CT molecular complexity index is 1200. The Morgan fingerprint density at radius 3 is 2.73 bits per heavy atom. The molecule has 1 amide bonds. The number of benzene rings is 2. The third-order valence-corrected chi connectivity index (χ3v) is 5.37. The van der Waals surface area contributed by atoms with E-state index in [0.717, 1.165) is 22.2 Å². The fraction of sp³-hybridized carbons (Fsp3) is 0.308. The van der Waals surface area contributed by atoms with E-state index in [1.54, 1.807) is 6.20 Å². The summed E-state index contributed by atoms with van der Waals surface area (Å²) in [5.74, 6) is 2.18. The summed E-state index contributed by atoms with van der Waals surface area (Å²) in [4.78, 5) is 20.9. The molecule has 0 aliphatic carbocycles. The molecule has 0 fully saturated rings. The van der Waals surface area contributed by atoms with Gasteiger partial charge in [-0.05, 0) is 30.0 Å². The molecule has 0 unspecified atom stereocenters. The van der Waals surface area contributed by atoms with Gasteiger partial charge in [0.25, 0.3) is 0 Å². The first kappa shape index (κ1) is 22.5. The lowest BCUT2D eigenvalue weighted by Crippen LogP contribution is -2.25. The van der Waals surface area contributed by atoms with Gasteiger partial charge in [-0.25, -0.2) is 0 Å². The minimum Gasteiger partial charge on any atom is -0.491 e. The molecule has 0 aliphatic heterocycles. The quantitative estimate of drug-likeness (QED) is 0.349. The zero-order valence-corrected chi connectivity index (χ0v) is 19.0. The molecular formula is C26H28N4O3. The van der Waals surface area contributed by atoms with Gasteiger partial charge in [0.15, 0.2) is 0 Å². The molecule has 0 saturated carbocycles. The highest BCUT2D eigenvalue weighted by atomic mass is 16.5. The summed E-state index contributed by atoms with van der Waals surface area (Å²) >= 11 is 0. The number of pyridine rings is 1. The fourth-order valence-electron chi connectivity index (χ4n) is 3.47. The number of aryl methyl sites for hydroxylation is 1. The van der Waals surface area contributed by atoms with Gasteiger partial charge in [-0.3, -0.25) is 9.78 Å². The molecule has 0 radical (unpaired) electrons. The van der Waals surface area contributed by atoms with E-state index in [2.05, 4.69) is 46.4 Å². The highest BCUT2D eigenvalue weighted by Gasteiger charge is 2.11. The van der Waals surface area contributed by atoms with Gasteiger partial charge < -0.3 is 14.6 Å². The average molecular weight is 445 g/mol. The lowest BCUT2D eigenvalue weighted by molar-refractivity contribution is -0.121. The second-order valence-electron chi connectivity index (χ2n) is 8.17. The summed E-state index contributed by atoms with van der Waals surface area (Å²) in [7, 11) is 0. The summed E-state index contributed by atoms with van der Waals surface area (Å²) in [5.41, 5.74) is 3.01. The van der Waals surface area contributed by atoms with Gasteiger partial charge in [-0.1, -0.05) is 61.5 Å². The zero-order valence-electron chi connectivity index (χ0n) is 19.0. The smallest absolute Gasteiger partial charge is 0.227 e. The molecule has 7 heteroatoms.